The fourth-order valence-corrected chi connectivity index (χ4v) is 2.30. The van der Waals surface area contributed by atoms with E-state index in [2.05, 4.69) is 51.5 Å². The van der Waals surface area contributed by atoms with E-state index in [0.29, 0.717) is 6.10 Å². The molecule has 0 aliphatic carbocycles. The summed E-state index contributed by atoms with van der Waals surface area (Å²) in [5.41, 5.74) is 0. The highest BCUT2D eigenvalue weighted by Gasteiger charge is 2.24. The van der Waals surface area contributed by atoms with Crippen molar-refractivity contribution in [2.24, 2.45) is 0 Å². The topological polar surface area (TPSA) is 15.8 Å². The Bertz CT molecular complexity index is 299. The van der Waals surface area contributed by atoms with Crippen molar-refractivity contribution in [3.05, 3.63) is 28.7 Å². The van der Waals surface area contributed by atoms with Gasteiger partial charge in [0.05, 0.1) is 12.7 Å². The summed E-state index contributed by atoms with van der Waals surface area (Å²) < 4.78 is 8.50. The molecule has 0 spiro atoms. The van der Waals surface area contributed by atoms with Gasteiger partial charge in [0.2, 0.25) is 0 Å². The van der Waals surface area contributed by atoms with Crippen molar-refractivity contribution in [2.45, 2.75) is 11.0 Å². The SMILES string of the molecule is CN(CC1CO1)Sc1ccc(Br)cc1. The zero-order chi connectivity index (χ0) is 9.97. The minimum Gasteiger partial charge on any atom is -0.372 e. The van der Waals surface area contributed by atoms with E-state index < -0.39 is 0 Å². The van der Waals surface area contributed by atoms with Crippen LogP contribution in [0.4, 0.5) is 0 Å². The summed E-state index contributed by atoms with van der Waals surface area (Å²) >= 11 is 5.17. The molecule has 1 heterocycles. The summed E-state index contributed by atoms with van der Waals surface area (Å²) in [6, 6.07) is 8.34. The Labute approximate surface area is 96.9 Å². The molecule has 0 N–H and O–H groups in total. The van der Waals surface area contributed by atoms with Crippen molar-refractivity contribution in [1.29, 1.82) is 0 Å². The van der Waals surface area contributed by atoms with Crippen LogP contribution in [0.15, 0.2) is 33.6 Å². The van der Waals surface area contributed by atoms with E-state index >= 15 is 0 Å². The first-order valence-corrected chi connectivity index (χ1v) is 6.07. The van der Waals surface area contributed by atoms with E-state index in [1.807, 2.05) is 0 Å². The summed E-state index contributed by atoms with van der Waals surface area (Å²) in [5.74, 6) is 0. The third kappa shape index (κ3) is 3.28. The smallest absolute Gasteiger partial charge is 0.0945 e. The minimum absolute atomic E-state index is 0.461. The molecule has 4 heteroatoms. The van der Waals surface area contributed by atoms with E-state index in [1.54, 1.807) is 11.9 Å². The molecule has 2 rings (SSSR count). The third-order valence-corrected chi connectivity index (χ3v) is 3.41. The Morgan fingerprint density at radius 3 is 2.71 bits per heavy atom. The van der Waals surface area contributed by atoms with Gasteiger partial charge in [-0.15, -0.1) is 0 Å². The quantitative estimate of drug-likeness (QED) is 0.620. The van der Waals surface area contributed by atoms with Crippen LogP contribution in [0.5, 0.6) is 0 Å². The maximum atomic E-state index is 5.17. The molecule has 76 valence electrons. The number of hydrogen-bond acceptors (Lipinski definition) is 3. The number of nitrogens with zero attached hydrogens (tertiary/aromatic N) is 1. The van der Waals surface area contributed by atoms with Crippen LogP contribution in [0.3, 0.4) is 0 Å². The van der Waals surface area contributed by atoms with Gasteiger partial charge in [0, 0.05) is 15.9 Å². The summed E-state index contributed by atoms with van der Waals surface area (Å²) in [4.78, 5) is 1.26. The molecule has 0 saturated carbocycles. The Hall–Kier alpha value is -0.0300. The molecule has 1 aliphatic rings. The van der Waals surface area contributed by atoms with Gasteiger partial charge in [-0.3, -0.25) is 0 Å². The van der Waals surface area contributed by atoms with Gasteiger partial charge < -0.3 is 4.74 Å². The van der Waals surface area contributed by atoms with Gasteiger partial charge in [-0.1, -0.05) is 15.9 Å². The van der Waals surface area contributed by atoms with Crippen molar-refractivity contribution >= 4 is 27.9 Å². The molecule has 1 saturated heterocycles. The maximum Gasteiger partial charge on any atom is 0.0945 e. The van der Waals surface area contributed by atoms with Crippen LogP contribution in [0.25, 0.3) is 0 Å². The molecular formula is C10H12BrNOS. The fourth-order valence-electron chi connectivity index (χ4n) is 1.17. The van der Waals surface area contributed by atoms with Gasteiger partial charge >= 0.3 is 0 Å². The molecule has 1 unspecified atom stereocenters. The van der Waals surface area contributed by atoms with Gasteiger partial charge in [-0.2, -0.15) is 0 Å². The first kappa shape index (κ1) is 10.5. The Morgan fingerprint density at radius 1 is 1.50 bits per heavy atom. The van der Waals surface area contributed by atoms with Gasteiger partial charge in [0.15, 0.2) is 0 Å². The van der Waals surface area contributed by atoms with Crippen molar-refractivity contribution in [3.63, 3.8) is 0 Å². The second kappa shape index (κ2) is 4.66. The van der Waals surface area contributed by atoms with Gasteiger partial charge in [0.25, 0.3) is 0 Å². The van der Waals surface area contributed by atoms with Crippen molar-refractivity contribution in [3.8, 4) is 0 Å². The van der Waals surface area contributed by atoms with E-state index in [9.17, 15) is 0 Å². The normalized spacial score (nSPS) is 20.1. The fraction of sp³-hybridized carbons (Fsp3) is 0.400. The van der Waals surface area contributed by atoms with Crippen LogP contribution in [-0.4, -0.2) is 30.6 Å². The zero-order valence-corrected chi connectivity index (χ0v) is 10.3. The first-order valence-electron chi connectivity index (χ1n) is 4.50. The number of ether oxygens (including phenoxy) is 1. The highest BCUT2D eigenvalue weighted by atomic mass is 79.9. The zero-order valence-electron chi connectivity index (χ0n) is 7.94. The lowest BCUT2D eigenvalue weighted by atomic mass is 10.4. The third-order valence-electron chi connectivity index (χ3n) is 1.94. The van der Waals surface area contributed by atoms with Crippen molar-refractivity contribution in [1.82, 2.24) is 4.31 Å². The van der Waals surface area contributed by atoms with Gasteiger partial charge in [-0.05, 0) is 43.3 Å². The lowest BCUT2D eigenvalue weighted by Crippen LogP contribution is -2.15. The molecule has 1 aromatic carbocycles. The average molecular weight is 274 g/mol. The molecule has 0 amide bonds. The molecule has 1 atom stereocenters. The predicted octanol–water partition coefficient (Wildman–Crippen LogP) is 2.79. The monoisotopic (exact) mass is 273 g/mol. The van der Waals surface area contributed by atoms with Crippen LogP contribution in [0.2, 0.25) is 0 Å². The largest absolute Gasteiger partial charge is 0.372 e. The molecule has 1 aliphatic heterocycles. The lowest BCUT2D eigenvalue weighted by molar-refractivity contribution is 0.373. The van der Waals surface area contributed by atoms with E-state index in [1.165, 1.54) is 4.90 Å². The van der Waals surface area contributed by atoms with E-state index in [-0.39, 0.29) is 0 Å². The highest BCUT2D eigenvalue weighted by molar-refractivity contribution is 9.10. The van der Waals surface area contributed by atoms with Crippen LogP contribution in [0.1, 0.15) is 0 Å². The summed E-state index contributed by atoms with van der Waals surface area (Å²) in [7, 11) is 2.09. The molecular weight excluding hydrogens is 262 g/mol. The Balaban J connectivity index is 1.85. The molecule has 1 fully saturated rings. The molecule has 0 radical (unpaired) electrons. The van der Waals surface area contributed by atoms with Crippen LogP contribution in [-0.2, 0) is 4.74 Å². The molecule has 0 bridgehead atoms. The van der Waals surface area contributed by atoms with Gasteiger partial charge in [0.1, 0.15) is 0 Å². The molecule has 1 aromatic rings. The molecule has 0 aromatic heterocycles. The molecule has 2 nitrogen and oxygen atoms in total. The number of rotatable bonds is 4. The number of halogens is 1. The van der Waals surface area contributed by atoms with Crippen molar-refractivity contribution < 1.29 is 4.74 Å². The second-order valence-corrected chi connectivity index (χ2v) is 5.50. The van der Waals surface area contributed by atoms with E-state index in [0.717, 1.165) is 17.6 Å². The summed E-state index contributed by atoms with van der Waals surface area (Å²) in [6.07, 6.45) is 0.461. The number of epoxide rings is 1. The predicted molar refractivity (Wildman–Crippen MR) is 62.4 cm³/mol. The van der Waals surface area contributed by atoms with Crippen LogP contribution in [0, 0.1) is 0 Å². The summed E-state index contributed by atoms with van der Waals surface area (Å²) in [6.45, 7) is 1.92. The first-order chi connectivity index (χ1) is 6.74. The van der Waals surface area contributed by atoms with Gasteiger partial charge in [-0.25, -0.2) is 4.31 Å². The second-order valence-electron chi connectivity index (χ2n) is 3.31. The number of benzene rings is 1. The highest BCUT2D eigenvalue weighted by Crippen LogP contribution is 2.24. The molecule has 14 heavy (non-hydrogen) atoms. The van der Waals surface area contributed by atoms with Crippen molar-refractivity contribution in [2.75, 3.05) is 20.2 Å². The maximum absolute atomic E-state index is 5.17. The number of likely N-dealkylation sites (N-methyl/N-ethyl adjacent to an activating group) is 1. The Kier molecular flexibility index (Phi) is 3.49. The Morgan fingerprint density at radius 2 is 2.14 bits per heavy atom. The van der Waals surface area contributed by atoms with Crippen LogP contribution < -0.4 is 0 Å². The standard InChI is InChI=1S/C10H12BrNOS/c1-12(6-9-7-13-9)14-10-4-2-8(11)3-5-10/h2-5,9H,6-7H2,1H3. The lowest BCUT2D eigenvalue weighted by Gasteiger charge is -2.13. The number of hydrogen-bond donors (Lipinski definition) is 0. The minimum atomic E-state index is 0.461. The average Bonchev–Trinajstić information content (AvgIpc) is 2.93. The summed E-state index contributed by atoms with van der Waals surface area (Å²) in [5, 5.41) is 0. The van der Waals surface area contributed by atoms with E-state index in [4.69, 9.17) is 4.74 Å². The van der Waals surface area contributed by atoms with Crippen LogP contribution >= 0.6 is 27.9 Å².